The molecule has 0 saturated heterocycles. The van der Waals surface area contributed by atoms with Crippen LogP contribution in [-0.4, -0.2) is 12.6 Å². The lowest BCUT2D eigenvalue weighted by Crippen LogP contribution is -2.18. The molecule has 0 fully saturated rings. The van der Waals surface area contributed by atoms with Crippen molar-refractivity contribution >= 4 is 5.97 Å². The van der Waals surface area contributed by atoms with Crippen LogP contribution in [0.5, 0.6) is 0 Å². The second-order valence-corrected chi connectivity index (χ2v) is 5.66. The predicted molar refractivity (Wildman–Crippen MR) is 81.0 cm³/mol. The van der Waals surface area contributed by atoms with E-state index in [-0.39, 0.29) is 11.9 Å². The fourth-order valence-electron chi connectivity index (χ4n) is 1.85. The van der Waals surface area contributed by atoms with E-state index in [9.17, 15) is 4.79 Å². The molecule has 0 heterocycles. The van der Waals surface area contributed by atoms with Crippen LogP contribution in [0.2, 0.25) is 0 Å². The van der Waals surface area contributed by atoms with Gasteiger partial charge in [0.05, 0.1) is 12.5 Å². The van der Waals surface area contributed by atoms with Crippen LogP contribution >= 0.6 is 0 Å². The van der Waals surface area contributed by atoms with Gasteiger partial charge in [-0.15, -0.1) is 5.73 Å². The fraction of sp³-hybridized carbons (Fsp3) is 0.765. The van der Waals surface area contributed by atoms with Gasteiger partial charge in [-0.25, -0.2) is 0 Å². The molecule has 0 radical (unpaired) electrons. The number of hydrogen-bond donors (Lipinski definition) is 0. The SMILES string of the molecule is CCOC(=O)C(CC)C(=C=CCC(C)(C)CC)CC. The highest BCUT2D eigenvalue weighted by Gasteiger charge is 2.21. The smallest absolute Gasteiger partial charge is 0.313 e. The molecule has 0 aliphatic rings. The molecule has 110 valence electrons. The summed E-state index contributed by atoms with van der Waals surface area (Å²) in [4.78, 5) is 11.9. The van der Waals surface area contributed by atoms with E-state index in [0.29, 0.717) is 12.0 Å². The zero-order chi connectivity index (χ0) is 14.9. The number of rotatable bonds is 8. The Morgan fingerprint density at radius 1 is 1.26 bits per heavy atom. The van der Waals surface area contributed by atoms with Crippen LogP contribution in [0, 0.1) is 11.3 Å². The minimum Gasteiger partial charge on any atom is -0.466 e. The van der Waals surface area contributed by atoms with Crippen LogP contribution in [0.3, 0.4) is 0 Å². The summed E-state index contributed by atoms with van der Waals surface area (Å²) in [6.07, 6.45) is 5.85. The average Bonchev–Trinajstić information content (AvgIpc) is 2.38. The van der Waals surface area contributed by atoms with Crippen molar-refractivity contribution in [2.75, 3.05) is 6.61 Å². The van der Waals surface area contributed by atoms with Gasteiger partial charge in [-0.1, -0.05) is 41.0 Å². The molecule has 0 rings (SSSR count). The van der Waals surface area contributed by atoms with E-state index in [1.807, 2.05) is 13.8 Å². The molecule has 0 aliphatic heterocycles. The van der Waals surface area contributed by atoms with Crippen LogP contribution in [0.25, 0.3) is 0 Å². The van der Waals surface area contributed by atoms with E-state index in [2.05, 4.69) is 39.5 Å². The van der Waals surface area contributed by atoms with Gasteiger partial charge in [0.15, 0.2) is 0 Å². The normalized spacial score (nSPS) is 12.5. The van der Waals surface area contributed by atoms with Gasteiger partial charge >= 0.3 is 5.97 Å². The van der Waals surface area contributed by atoms with Gasteiger partial charge in [0, 0.05) is 0 Å². The van der Waals surface area contributed by atoms with Crippen molar-refractivity contribution in [1.82, 2.24) is 0 Å². The van der Waals surface area contributed by atoms with Crippen molar-refractivity contribution < 1.29 is 9.53 Å². The lowest BCUT2D eigenvalue weighted by Gasteiger charge is -2.19. The molecule has 2 heteroatoms. The highest BCUT2D eigenvalue weighted by Crippen LogP contribution is 2.25. The Bertz CT molecular complexity index is 333. The molecule has 1 unspecified atom stereocenters. The molecule has 19 heavy (non-hydrogen) atoms. The maximum atomic E-state index is 11.9. The molecule has 0 aromatic carbocycles. The lowest BCUT2D eigenvalue weighted by molar-refractivity contribution is -0.146. The summed E-state index contributed by atoms with van der Waals surface area (Å²) in [6.45, 7) is 13.1. The molecule has 2 nitrogen and oxygen atoms in total. The van der Waals surface area contributed by atoms with E-state index in [4.69, 9.17) is 4.74 Å². The first-order chi connectivity index (χ1) is 8.91. The standard InChI is InChI=1S/C17H30O2/c1-7-14(12-11-13-17(5,6)9-3)15(8-2)16(18)19-10-4/h11,15H,7-10,13H2,1-6H3. The van der Waals surface area contributed by atoms with E-state index in [0.717, 1.165) is 31.3 Å². The van der Waals surface area contributed by atoms with E-state index in [1.165, 1.54) is 0 Å². The third kappa shape index (κ3) is 6.63. The van der Waals surface area contributed by atoms with Crippen molar-refractivity contribution in [1.29, 1.82) is 0 Å². The first kappa shape index (κ1) is 18.0. The van der Waals surface area contributed by atoms with Crippen molar-refractivity contribution in [3.05, 3.63) is 17.4 Å². The largest absolute Gasteiger partial charge is 0.466 e. The topological polar surface area (TPSA) is 26.3 Å². The van der Waals surface area contributed by atoms with E-state index < -0.39 is 0 Å². The van der Waals surface area contributed by atoms with Crippen LogP contribution < -0.4 is 0 Å². The second kappa shape index (κ2) is 8.98. The van der Waals surface area contributed by atoms with Crippen LogP contribution in [0.4, 0.5) is 0 Å². The molecule has 0 aromatic heterocycles. The summed E-state index contributed by atoms with van der Waals surface area (Å²) >= 11 is 0. The Labute approximate surface area is 118 Å². The van der Waals surface area contributed by atoms with Gasteiger partial charge in [0.1, 0.15) is 0 Å². The summed E-state index contributed by atoms with van der Waals surface area (Å²) in [5.41, 5.74) is 4.71. The summed E-state index contributed by atoms with van der Waals surface area (Å²) < 4.78 is 5.13. The van der Waals surface area contributed by atoms with Gasteiger partial charge in [0.2, 0.25) is 0 Å². The number of carbonyl (C=O) groups excluding carboxylic acids is 1. The fourth-order valence-corrected chi connectivity index (χ4v) is 1.85. The van der Waals surface area contributed by atoms with Gasteiger partial charge in [0.25, 0.3) is 0 Å². The van der Waals surface area contributed by atoms with Gasteiger partial charge in [-0.3, -0.25) is 4.79 Å². The average molecular weight is 266 g/mol. The molecule has 1 atom stereocenters. The van der Waals surface area contributed by atoms with Crippen LogP contribution in [0.1, 0.15) is 67.2 Å². The third-order valence-electron chi connectivity index (χ3n) is 3.68. The lowest BCUT2D eigenvalue weighted by atomic mass is 9.86. The Morgan fingerprint density at radius 3 is 2.32 bits per heavy atom. The van der Waals surface area contributed by atoms with Gasteiger partial charge < -0.3 is 4.74 Å². The molecule has 0 saturated carbocycles. The molecule has 0 bridgehead atoms. The first-order valence-electron chi connectivity index (χ1n) is 7.52. The number of carbonyl (C=O) groups is 1. The van der Waals surface area contributed by atoms with Gasteiger partial charge in [-0.2, -0.15) is 0 Å². The molecule has 0 aliphatic carbocycles. The molecule has 0 amide bonds. The number of esters is 1. The van der Waals surface area contributed by atoms with Crippen molar-refractivity contribution in [2.24, 2.45) is 11.3 Å². The zero-order valence-electron chi connectivity index (χ0n) is 13.5. The van der Waals surface area contributed by atoms with Crippen molar-refractivity contribution in [3.8, 4) is 0 Å². The number of hydrogen-bond acceptors (Lipinski definition) is 2. The minimum absolute atomic E-state index is 0.113. The Hall–Kier alpha value is -1.01. The molecular weight excluding hydrogens is 236 g/mol. The quantitative estimate of drug-likeness (QED) is 0.461. The highest BCUT2D eigenvalue weighted by molar-refractivity contribution is 5.75. The number of ether oxygens (including phenoxy) is 1. The molecular formula is C17H30O2. The third-order valence-corrected chi connectivity index (χ3v) is 3.68. The predicted octanol–water partition coefficient (Wildman–Crippen LogP) is 4.89. The summed E-state index contributed by atoms with van der Waals surface area (Å²) in [6, 6.07) is 0. The first-order valence-corrected chi connectivity index (χ1v) is 7.52. The Kier molecular flexibility index (Phi) is 8.51. The minimum atomic E-state index is -0.133. The zero-order valence-corrected chi connectivity index (χ0v) is 13.5. The van der Waals surface area contributed by atoms with Crippen molar-refractivity contribution in [2.45, 2.75) is 67.2 Å². The van der Waals surface area contributed by atoms with E-state index in [1.54, 1.807) is 0 Å². The molecule has 0 spiro atoms. The Morgan fingerprint density at radius 2 is 1.89 bits per heavy atom. The van der Waals surface area contributed by atoms with E-state index >= 15 is 0 Å². The summed E-state index contributed by atoms with van der Waals surface area (Å²) in [5.74, 6) is -0.247. The highest BCUT2D eigenvalue weighted by atomic mass is 16.5. The monoisotopic (exact) mass is 266 g/mol. The Balaban J connectivity index is 4.95. The van der Waals surface area contributed by atoms with Crippen LogP contribution in [-0.2, 0) is 9.53 Å². The molecule has 0 N–H and O–H groups in total. The van der Waals surface area contributed by atoms with Gasteiger partial charge in [-0.05, 0) is 43.3 Å². The maximum absolute atomic E-state index is 11.9. The maximum Gasteiger partial charge on any atom is 0.313 e. The van der Waals surface area contributed by atoms with Crippen LogP contribution in [0.15, 0.2) is 17.4 Å². The summed E-state index contributed by atoms with van der Waals surface area (Å²) in [5, 5.41) is 0. The summed E-state index contributed by atoms with van der Waals surface area (Å²) in [7, 11) is 0. The molecule has 0 aromatic rings. The second-order valence-electron chi connectivity index (χ2n) is 5.66. The van der Waals surface area contributed by atoms with Crippen molar-refractivity contribution in [3.63, 3.8) is 0 Å².